The predicted octanol–water partition coefficient (Wildman–Crippen LogP) is 4.23. The van der Waals surface area contributed by atoms with E-state index in [1.807, 2.05) is 6.07 Å². The molecule has 0 spiro atoms. The Bertz CT molecular complexity index is 868. The molecule has 7 heteroatoms. The number of carbonyl (C=O) groups excluding carboxylic acids is 1. The van der Waals surface area contributed by atoms with E-state index in [-0.39, 0.29) is 11.7 Å². The Balaban J connectivity index is 1.19. The van der Waals surface area contributed by atoms with Gasteiger partial charge in [-0.25, -0.2) is 4.39 Å². The van der Waals surface area contributed by atoms with E-state index in [4.69, 9.17) is 4.52 Å². The zero-order chi connectivity index (χ0) is 21.6. The Morgan fingerprint density at radius 2 is 1.87 bits per heavy atom. The summed E-state index contributed by atoms with van der Waals surface area (Å²) in [7, 11) is 0. The molecule has 2 aliphatic heterocycles. The van der Waals surface area contributed by atoms with Gasteiger partial charge in [0.05, 0.1) is 0 Å². The molecule has 31 heavy (non-hydrogen) atoms. The SMILES string of the molecule is Cc1ccc(-c2noc(CCCN3CCC(C(=O)N4CCCCCC4)CC3)n2)cc1F. The van der Waals surface area contributed by atoms with Crippen LogP contribution in [0, 0.1) is 18.7 Å². The number of likely N-dealkylation sites (tertiary alicyclic amines) is 2. The Morgan fingerprint density at radius 3 is 2.58 bits per heavy atom. The van der Waals surface area contributed by atoms with Crippen LogP contribution in [0.2, 0.25) is 0 Å². The maximum Gasteiger partial charge on any atom is 0.227 e. The maximum absolute atomic E-state index is 13.8. The number of amides is 1. The Hall–Kier alpha value is -2.28. The number of carbonyl (C=O) groups is 1. The molecule has 168 valence electrons. The van der Waals surface area contributed by atoms with Crippen molar-refractivity contribution in [2.45, 2.75) is 58.3 Å². The average molecular weight is 429 g/mol. The third-order valence-corrected chi connectivity index (χ3v) is 6.62. The number of hydrogen-bond donors (Lipinski definition) is 0. The van der Waals surface area contributed by atoms with E-state index in [9.17, 15) is 9.18 Å². The van der Waals surface area contributed by atoms with Gasteiger partial charge in [0.15, 0.2) is 0 Å². The molecule has 1 aromatic heterocycles. The van der Waals surface area contributed by atoms with E-state index in [0.29, 0.717) is 35.2 Å². The number of halogens is 1. The number of piperidine rings is 1. The monoisotopic (exact) mass is 428 g/mol. The van der Waals surface area contributed by atoms with Crippen LogP contribution in [0.15, 0.2) is 22.7 Å². The molecular weight excluding hydrogens is 395 g/mol. The highest BCUT2D eigenvalue weighted by atomic mass is 19.1. The van der Waals surface area contributed by atoms with Gasteiger partial charge >= 0.3 is 0 Å². The lowest BCUT2D eigenvalue weighted by Crippen LogP contribution is -2.43. The zero-order valence-corrected chi connectivity index (χ0v) is 18.5. The molecule has 2 saturated heterocycles. The van der Waals surface area contributed by atoms with Crippen LogP contribution >= 0.6 is 0 Å². The first-order valence-corrected chi connectivity index (χ1v) is 11.7. The minimum atomic E-state index is -0.262. The van der Waals surface area contributed by atoms with Gasteiger partial charge in [-0.3, -0.25) is 4.79 Å². The van der Waals surface area contributed by atoms with Crippen molar-refractivity contribution in [3.63, 3.8) is 0 Å². The maximum atomic E-state index is 13.8. The first-order valence-electron chi connectivity index (χ1n) is 11.7. The summed E-state index contributed by atoms with van der Waals surface area (Å²) in [5.41, 5.74) is 1.23. The summed E-state index contributed by atoms with van der Waals surface area (Å²) in [6, 6.07) is 4.98. The van der Waals surface area contributed by atoms with Crippen molar-refractivity contribution < 1.29 is 13.7 Å². The third-order valence-electron chi connectivity index (χ3n) is 6.62. The molecule has 2 aromatic rings. The molecule has 1 amide bonds. The quantitative estimate of drug-likeness (QED) is 0.689. The van der Waals surface area contributed by atoms with Crippen LogP contribution in [-0.4, -0.2) is 58.6 Å². The van der Waals surface area contributed by atoms with Gasteiger partial charge in [-0.2, -0.15) is 4.98 Å². The van der Waals surface area contributed by atoms with E-state index < -0.39 is 0 Å². The highest BCUT2D eigenvalue weighted by molar-refractivity contribution is 5.79. The van der Waals surface area contributed by atoms with Gasteiger partial charge in [-0.1, -0.05) is 30.1 Å². The average Bonchev–Trinajstić information content (AvgIpc) is 3.08. The number of aryl methyl sites for hydroxylation is 2. The summed E-state index contributed by atoms with van der Waals surface area (Å²) < 4.78 is 19.1. The number of nitrogens with zero attached hydrogens (tertiary/aromatic N) is 4. The van der Waals surface area contributed by atoms with E-state index in [1.54, 1.807) is 13.0 Å². The van der Waals surface area contributed by atoms with Gasteiger partial charge in [0.25, 0.3) is 0 Å². The highest BCUT2D eigenvalue weighted by Crippen LogP contribution is 2.23. The number of hydrogen-bond acceptors (Lipinski definition) is 5. The fraction of sp³-hybridized carbons (Fsp3) is 0.625. The number of aromatic nitrogens is 2. The third kappa shape index (κ3) is 5.70. The molecule has 3 heterocycles. The number of rotatable bonds is 6. The van der Waals surface area contributed by atoms with Gasteiger partial charge < -0.3 is 14.3 Å². The standard InChI is InChI=1S/C24H33FN4O2/c1-18-8-9-20(17-21(18)25)23-26-22(31-27-23)7-6-12-28-15-10-19(11-16-28)24(30)29-13-4-2-3-5-14-29/h8-9,17,19H,2-7,10-16H2,1H3. The summed E-state index contributed by atoms with van der Waals surface area (Å²) >= 11 is 0. The second-order valence-electron chi connectivity index (χ2n) is 8.93. The summed E-state index contributed by atoms with van der Waals surface area (Å²) in [6.45, 7) is 6.53. The zero-order valence-electron chi connectivity index (χ0n) is 18.5. The molecule has 0 atom stereocenters. The van der Waals surface area contributed by atoms with Crippen molar-refractivity contribution in [1.82, 2.24) is 19.9 Å². The molecule has 6 nitrogen and oxygen atoms in total. The van der Waals surface area contributed by atoms with Crippen LogP contribution in [0.4, 0.5) is 4.39 Å². The highest BCUT2D eigenvalue weighted by Gasteiger charge is 2.28. The molecule has 2 fully saturated rings. The van der Waals surface area contributed by atoms with E-state index in [0.717, 1.165) is 64.8 Å². The van der Waals surface area contributed by atoms with Gasteiger partial charge in [-0.05, 0) is 70.3 Å². The molecule has 0 saturated carbocycles. The van der Waals surface area contributed by atoms with Crippen molar-refractivity contribution >= 4 is 5.91 Å². The van der Waals surface area contributed by atoms with Crippen molar-refractivity contribution in [3.05, 3.63) is 35.5 Å². The minimum absolute atomic E-state index is 0.197. The van der Waals surface area contributed by atoms with Crippen molar-refractivity contribution in [1.29, 1.82) is 0 Å². The lowest BCUT2D eigenvalue weighted by atomic mass is 9.95. The molecule has 1 aromatic carbocycles. The lowest BCUT2D eigenvalue weighted by Gasteiger charge is -2.34. The van der Waals surface area contributed by atoms with Gasteiger partial charge in [0.1, 0.15) is 5.82 Å². The normalized spacial score (nSPS) is 18.8. The molecule has 0 radical (unpaired) electrons. The van der Waals surface area contributed by atoms with Crippen molar-refractivity contribution in [2.24, 2.45) is 5.92 Å². The molecular formula is C24H33FN4O2. The smallest absolute Gasteiger partial charge is 0.227 e. The topological polar surface area (TPSA) is 62.5 Å². The molecule has 2 aliphatic rings. The van der Waals surface area contributed by atoms with Crippen LogP contribution in [0.25, 0.3) is 11.4 Å². The van der Waals surface area contributed by atoms with Gasteiger partial charge in [0.2, 0.25) is 17.6 Å². The van der Waals surface area contributed by atoms with Gasteiger partial charge in [0, 0.05) is 31.0 Å². The molecule has 0 N–H and O–H groups in total. The van der Waals surface area contributed by atoms with Crippen LogP contribution < -0.4 is 0 Å². The first-order chi connectivity index (χ1) is 15.1. The fourth-order valence-electron chi connectivity index (χ4n) is 4.61. The number of benzene rings is 1. The minimum Gasteiger partial charge on any atom is -0.342 e. The van der Waals surface area contributed by atoms with Crippen molar-refractivity contribution in [3.8, 4) is 11.4 Å². The second kappa shape index (κ2) is 10.4. The van der Waals surface area contributed by atoms with E-state index in [1.165, 1.54) is 18.9 Å². The Labute approximate surface area is 183 Å². The summed E-state index contributed by atoms with van der Waals surface area (Å²) in [5.74, 6) is 1.33. The van der Waals surface area contributed by atoms with Crippen LogP contribution in [0.1, 0.15) is 56.4 Å². The lowest BCUT2D eigenvalue weighted by molar-refractivity contribution is -0.137. The van der Waals surface area contributed by atoms with Crippen LogP contribution in [-0.2, 0) is 11.2 Å². The molecule has 4 rings (SSSR count). The largest absolute Gasteiger partial charge is 0.342 e. The van der Waals surface area contributed by atoms with Gasteiger partial charge in [-0.15, -0.1) is 0 Å². The second-order valence-corrected chi connectivity index (χ2v) is 8.93. The Morgan fingerprint density at radius 1 is 1.13 bits per heavy atom. The Kier molecular flexibility index (Phi) is 7.33. The van der Waals surface area contributed by atoms with Crippen LogP contribution in [0.5, 0.6) is 0 Å². The van der Waals surface area contributed by atoms with Crippen LogP contribution in [0.3, 0.4) is 0 Å². The van der Waals surface area contributed by atoms with E-state index in [2.05, 4.69) is 19.9 Å². The molecule has 0 bridgehead atoms. The van der Waals surface area contributed by atoms with E-state index >= 15 is 0 Å². The predicted molar refractivity (Wildman–Crippen MR) is 117 cm³/mol. The summed E-state index contributed by atoms with van der Waals surface area (Å²) in [6.07, 6.45) is 8.36. The van der Waals surface area contributed by atoms with Crippen molar-refractivity contribution in [2.75, 3.05) is 32.7 Å². The summed E-state index contributed by atoms with van der Waals surface area (Å²) in [5, 5.41) is 3.99. The first kappa shape index (κ1) is 21.9. The molecule has 0 unspecified atom stereocenters. The fourth-order valence-corrected chi connectivity index (χ4v) is 4.61. The molecule has 0 aliphatic carbocycles. The summed E-state index contributed by atoms with van der Waals surface area (Å²) in [4.78, 5) is 21.8.